The van der Waals surface area contributed by atoms with Gasteiger partial charge in [-0.2, -0.15) is 0 Å². The summed E-state index contributed by atoms with van der Waals surface area (Å²) in [6.45, 7) is 11.6. The van der Waals surface area contributed by atoms with E-state index in [-0.39, 0.29) is 6.66 Å². The van der Waals surface area contributed by atoms with Gasteiger partial charge in [-0.25, -0.2) is 0 Å². The van der Waals surface area contributed by atoms with Crippen molar-refractivity contribution in [2.75, 3.05) is 0 Å². The average molecular weight is 527 g/mol. The first-order chi connectivity index (χ1) is 17.3. The Morgan fingerprint density at radius 1 is 0.833 bits per heavy atom. The van der Waals surface area contributed by atoms with Crippen LogP contribution in [0.4, 0.5) is 0 Å². The van der Waals surface area contributed by atoms with E-state index in [2.05, 4.69) is 64.2 Å². The van der Waals surface area contributed by atoms with Crippen molar-refractivity contribution in [2.45, 2.75) is 40.3 Å². The van der Waals surface area contributed by atoms with Crippen molar-refractivity contribution < 1.29 is 23.1 Å². The molecule has 0 N–H and O–H groups in total. The zero-order valence-electron chi connectivity index (χ0n) is 22.2. The van der Waals surface area contributed by atoms with Crippen LogP contribution in [-0.2, 0) is 18.4 Å². The van der Waals surface area contributed by atoms with Gasteiger partial charge in [0, 0.05) is 5.56 Å². The van der Waals surface area contributed by atoms with E-state index in [1.54, 1.807) is 9.45 Å². The van der Waals surface area contributed by atoms with Crippen LogP contribution in [0, 0.1) is 5.41 Å². The molecule has 0 heterocycles. The second kappa shape index (κ2) is 14.2. The number of allylic oxidation sites excluding steroid dienone is 6. The van der Waals surface area contributed by atoms with Gasteiger partial charge < -0.3 is 4.74 Å². The van der Waals surface area contributed by atoms with Crippen LogP contribution in [0.3, 0.4) is 0 Å². The van der Waals surface area contributed by atoms with E-state index in [4.69, 9.17) is 4.74 Å². The van der Waals surface area contributed by atoms with Gasteiger partial charge in [-0.1, -0.05) is 91.0 Å². The molecule has 3 heteroatoms. The van der Waals surface area contributed by atoms with Crippen molar-refractivity contribution in [3.63, 3.8) is 0 Å². The van der Waals surface area contributed by atoms with E-state index in [1.807, 2.05) is 91.0 Å². The van der Waals surface area contributed by atoms with Crippen LogP contribution in [-0.4, -0.2) is 6.66 Å². The average Bonchev–Trinajstić information content (AvgIpc) is 3.34. The summed E-state index contributed by atoms with van der Waals surface area (Å²) in [6, 6.07) is 30.2. The number of hydrogen-bond acceptors (Lipinski definition) is 1. The number of benzene rings is 3. The van der Waals surface area contributed by atoms with Gasteiger partial charge in [0.1, 0.15) is 11.5 Å². The third-order valence-corrected chi connectivity index (χ3v) is 11.5. The molecule has 0 radical (unpaired) electrons. The van der Waals surface area contributed by atoms with Crippen LogP contribution in [0.25, 0.3) is 11.8 Å². The Balaban J connectivity index is 0.000000236. The molecule has 0 aliphatic heterocycles. The molecule has 184 valence electrons. The van der Waals surface area contributed by atoms with Gasteiger partial charge in [0.15, 0.2) is 0 Å². The minimum absolute atomic E-state index is 0.282. The van der Waals surface area contributed by atoms with Crippen LogP contribution in [0.2, 0.25) is 13.1 Å². The molecule has 1 aliphatic carbocycles. The standard InChI is InChI=1S/C22H18O.C9H13.C2H7Si.Ti/c1-4-11-19(12-5-1)13-10-18-22(20-14-6-2-7-15-20)23-21-16-8-3-9-17-21;1-9(2,3)8-6-4-5-7-8;1-3-2;/h1-18H;6-7H,4H2,1-3H3;3H,1-2H3;. The van der Waals surface area contributed by atoms with E-state index in [9.17, 15) is 0 Å². The van der Waals surface area contributed by atoms with Gasteiger partial charge in [0.2, 0.25) is 0 Å². The number of rotatable bonds is 7. The monoisotopic (exact) mass is 526 g/mol. The summed E-state index contributed by atoms with van der Waals surface area (Å²) in [5, 5.41) is 0. The summed E-state index contributed by atoms with van der Waals surface area (Å²) in [5.74, 6) is 1.65. The van der Waals surface area contributed by atoms with Crippen molar-refractivity contribution >= 4 is 18.5 Å². The van der Waals surface area contributed by atoms with Gasteiger partial charge in [-0.05, 0) is 23.8 Å². The van der Waals surface area contributed by atoms with Crippen LogP contribution >= 0.6 is 0 Å². The Hall–Kier alpha value is -2.65. The minimum atomic E-state index is -0.282. The molecule has 3 aromatic rings. The fraction of sp³-hybridized carbons (Fsp3) is 0.212. The summed E-state index contributed by atoms with van der Waals surface area (Å²) in [4.78, 5) is 0. The number of para-hydroxylation sites is 1. The predicted octanol–water partition coefficient (Wildman–Crippen LogP) is 9.13. The summed E-state index contributed by atoms with van der Waals surface area (Å²) in [5.41, 5.74) is 4.15. The topological polar surface area (TPSA) is 9.23 Å². The summed E-state index contributed by atoms with van der Waals surface area (Å²) < 4.78 is 7.85. The molecule has 0 unspecified atom stereocenters. The molecule has 0 bridgehead atoms. The van der Waals surface area contributed by atoms with Crippen molar-refractivity contribution in [1.29, 1.82) is 0 Å². The fourth-order valence-electron chi connectivity index (χ4n) is 3.74. The summed E-state index contributed by atoms with van der Waals surface area (Å²) in [6.07, 6.45) is 12.3. The quantitative estimate of drug-likeness (QED) is 0.169. The van der Waals surface area contributed by atoms with Crippen LogP contribution in [0.5, 0.6) is 5.75 Å². The zero-order valence-corrected chi connectivity index (χ0v) is 25.0. The predicted molar refractivity (Wildman–Crippen MR) is 156 cm³/mol. The maximum atomic E-state index is 6.05. The van der Waals surface area contributed by atoms with Gasteiger partial charge >= 0.3 is 92.4 Å². The zero-order chi connectivity index (χ0) is 25.8. The Morgan fingerprint density at radius 2 is 1.42 bits per heavy atom. The molecule has 0 amide bonds. The van der Waals surface area contributed by atoms with Crippen molar-refractivity contribution in [2.24, 2.45) is 5.41 Å². The van der Waals surface area contributed by atoms with Crippen molar-refractivity contribution in [3.05, 3.63) is 136 Å². The fourth-order valence-corrected chi connectivity index (χ4v) is 9.50. The van der Waals surface area contributed by atoms with E-state index < -0.39 is 0 Å². The number of hydrogen-bond donors (Lipinski definition) is 0. The molecule has 0 aromatic heterocycles. The summed E-state index contributed by atoms with van der Waals surface area (Å²) in [7, 11) is 0. The molecule has 0 spiro atoms. The molecule has 1 nitrogen and oxygen atoms in total. The van der Waals surface area contributed by atoms with Gasteiger partial charge in [0.05, 0.1) is 0 Å². The summed E-state index contributed by atoms with van der Waals surface area (Å²) >= 11 is 0.302. The van der Waals surface area contributed by atoms with Gasteiger partial charge in [-0.3, -0.25) is 0 Å². The SMILES string of the molecule is C(=Cc1ccccc1)C=C(Oc1ccccc1)c1ccccc1.C[SiH](C)[Ti][C]1=CC(C(C)(C)C)=CC1. The first-order valence-corrected chi connectivity index (χ1v) is 19.1. The molecule has 0 fully saturated rings. The third-order valence-electron chi connectivity index (χ3n) is 5.58. The Morgan fingerprint density at radius 3 is 1.97 bits per heavy atom. The van der Waals surface area contributed by atoms with Crippen LogP contribution in [0.1, 0.15) is 38.3 Å². The Bertz CT molecular complexity index is 1180. The molecule has 0 saturated heterocycles. The van der Waals surface area contributed by atoms with Gasteiger partial charge in [-0.15, -0.1) is 0 Å². The molecular weight excluding hydrogens is 488 g/mol. The normalized spacial score (nSPS) is 13.7. The molecular formula is C33H38OSiTi. The maximum absolute atomic E-state index is 6.05. The Kier molecular flexibility index (Phi) is 11.0. The van der Waals surface area contributed by atoms with Crippen molar-refractivity contribution in [3.8, 4) is 5.75 Å². The van der Waals surface area contributed by atoms with E-state index in [1.165, 1.54) is 6.42 Å². The number of ether oxygens (including phenoxy) is 1. The molecule has 1 aliphatic rings. The van der Waals surface area contributed by atoms with Crippen LogP contribution in [0.15, 0.2) is 125 Å². The second-order valence-electron chi connectivity index (χ2n) is 10.2. The second-order valence-corrected chi connectivity index (χ2v) is 20.5. The first-order valence-electron chi connectivity index (χ1n) is 12.7. The van der Waals surface area contributed by atoms with Crippen LogP contribution < -0.4 is 4.74 Å². The molecule has 3 aromatic carbocycles. The Labute approximate surface area is 228 Å². The molecule has 4 rings (SSSR count). The van der Waals surface area contributed by atoms with Crippen molar-refractivity contribution in [1.82, 2.24) is 0 Å². The first kappa shape index (κ1) is 27.9. The van der Waals surface area contributed by atoms with E-state index in [0.717, 1.165) is 22.6 Å². The molecule has 36 heavy (non-hydrogen) atoms. The van der Waals surface area contributed by atoms with E-state index in [0.29, 0.717) is 23.8 Å². The van der Waals surface area contributed by atoms with Gasteiger partial charge in [0.25, 0.3) is 0 Å². The van der Waals surface area contributed by atoms with E-state index >= 15 is 0 Å². The third kappa shape index (κ3) is 9.78. The molecule has 0 saturated carbocycles. The molecule has 0 atom stereocenters.